The molecular weight excluding hydrogens is 362 g/mol. The van der Waals surface area contributed by atoms with Crippen molar-refractivity contribution < 1.29 is 14.4 Å². The molecule has 1 atom stereocenters. The number of hydrogen-bond acceptors (Lipinski definition) is 3. The summed E-state index contributed by atoms with van der Waals surface area (Å²) in [5.41, 5.74) is 0.758. The maximum atomic E-state index is 12.2. The van der Waals surface area contributed by atoms with Crippen molar-refractivity contribution in [2.24, 2.45) is 5.92 Å². The van der Waals surface area contributed by atoms with Gasteiger partial charge < -0.3 is 15.5 Å². The molecule has 1 aliphatic heterocycles. The van der Waals surface area contributed by atoms with E-state index >= 15 is 0 Å². The Morgan fingerprint density at radius 1 is 1.30 bits per heavy atom. The van der Waals surface area contributed by atoms with Crippen molar-refractivity contribution >= 4 is 39.3 Å². The monoisotopic (exact) mass is 381 g/mol. The summed E-state index contributed by atoms with van der Waals surface area (Å²) >= 11 is 3.42. The minimum atomic E-state index is -0.436. The normalized spacial score (nSPS) is 17.2. The van der Waals surface area contributed by atoms with Gasteiger partial charge in [-0.1, -0.05) is 19.1 Å². The Balaban J connectivity index is 1.91. The Morgan fingerprint density at radius 2 is 2.04 bits per heavy atom. The van der Waals surface area contributed by atoms with Crippen molar-refractivity contribution in [1.82, 2.24) is 10.6 Å². The average Bonchev–Trinajstić information content (AvgIpc) is 2.93. The molecule has 1 aromatic rings. The number of amides is 3. The molecular formula is C16H20BrN3O3. The maximum Gasteiger partial charge on any atom is 0.239 e. The smallest absolute Gasteiger partial charge is 0.239 e. The van der Waals surface area contributed by atoms with Crippen LogP contribution in [0.3, 0.4) is 0 Å². The van der Waals surface area contributed by atoms with E-state index in [-0.39, 0.29) is 30.7 Å². The molecule has 2 N–H and O–H groups in total. The molecule has 124 valence electrons. The second-order valence-electron chi connectivity index (χ2n) is 5.42. The molecule has 1 heterocycles. The van der Waals surface area contributed by atoms with E-state index in [2.05, 4.69) is 26.6 Å². The first-order valence-corrected chi connectivity index (χ1v) is 8.41. The van der Waals surface area contributed by atoms with Crippen LogP contribution in [0.15, 0.2) is 28.7 Å². The summed E-state index contributed by atoms with van der Waals surface area (Å²) in [4.78, 5) is 37.4. The van der Waals surface area contributed by atoms with Gasteiger partial charge in [-0.05, 0) is 34.5 Å². The van der Waals surface area contributed by atoms with Crippen molar-refractivity contribution in [2.45, 2.75) is 19.8 Å². The van der Waals surface area contributed by atoms with Gasteiger partial charge in [0.1, 0.15) is 0 Å². The van der Waals surface area contributed by atoms with E-state index in [1.165, 1.54) is 0 Å². The molecule has 0 bridgehead atoms. The fourth-order valence-corrected chi connectivity index (χ4v) is 2.92. The van der Waals surface area contributed by atoms with Crippen LogP contribution in [0.2, 0.25) is 0 Å². The molecule has 0 unspecified atom stereocenters. The summed E-state index contributed by atoms with van der Waals surface area (Å²) in [6.07, 6.45) is 1.00. The van der Waals surface area contributed by atoms with Gasteiger partial charge in [0.15, 0.2) is 0 Å². The fourth-order valence-electron chi connectivity index (χ4n) is 2.43. The van der Waals surface area contributed by atoms with Gasteiger partial charge in [0.2, 0.25) is 17.7 Å². The summed E-state index contributed by atoms with van der Waals surface area (Å²) in [6, 6.07) is 7.40. The van der Waals surface area contributed by atoms with E-state index in [0.29, 0.717) is 13.1 Å². The van der Waals surface area contributed by atoms with Gasteiger partial charge >= 0.3 is 0 Å². The van der Waals surface area contributed by atoms with E-state index in [0.717, 1.165) is 16.6 Å². The van der Waals surface area contributed by atoms with Crippen LogP contribution in [-0.4, -0.2) is 37.4 Å². The number of nitrogens with zero attached hydrogens (tertiary/aromatic N) is 1. The second-order valence-corrected chi connectivity index (χ2v) is 6.28. The summed E-state index contributed by atoms with van der Waals surface area (Å²) < 4.78 is 0.813. The van der Waals surface area contributed by atoms with Gasteiger partial charge in [0.25, 0.3) is 0 Å². The predicted octanol–water partition coefficient (Wildman–Crippen LogP) is 1.44. The lowest BCUT2D eigenvalue weighted by atomic mass is 10.1. The van der Waals surface area contributed by atoms with Crippen LogP contribution < -0.4 is 15.5 Å². The highest BCUT2D eigenvalue weighted by atomic mass is 79.9. The Hall–Kier alpha value is -1.89. The fraction of sp³-hybridized carbons (Fsp3) is 0.438. The van der Waals surface area contributed by atoms with Gasteiger partial charge in [0.05, 0.1) is 18.2 Å². The van der Waals surface area contributed by atoms with Crippen LogP contribution >= 0.6 is 15.9 Å². The SMILES string of the molecule is CCCNC(=O)CNC(=O)[C@@H]1CC(=O)N(c2ccccc2Br)C1. The lowest BCUT2D eigenvalue weighted by molar-refractivity contribution is -0.128. The zero-order valence-corrected chi connectivity index (χ0v) is 14.6. The molecule has 7 heteroatoms. The largest absolute Gasteiger partial charge is 0.355 e. The minimum Gasteiger partial charge on any atom is -0.355 e. The third kappa shape index (κ3) is 4.54. The van der Waals surface area contributed by atoms with Gasteiger partial charge in [-0.25, -0.2) is 0 Å². The third-order valence-corrected chi connectivity index (χ3v) is 4.30. The van der Waals surface area contributed by atoms with Crippen LogP contribution in [0.25, 0.3) is 0 Å². The number of anilines is 1. The summed E-state index contributed by atoms with van der Waals surface area (Å²) in [7, 11) is 0. The quantitative estimate of drug-likeness (QED) is 0.782. The molecule has 2 rings (SSSR count). The van der Waals surface area contributed by atoms with Gasteiger partial charge in [-0.15, -0.1) is 0 Å². The Kier molecular flexibility index (Phi) is 6.15. The van der Waals surface area contributed by atoms with Gasteiger partial charge in [-0.2, -0.15) is 0 Å². The summed E-state index contributed by atoms with van der Waals surface area (Å²) in [6.45, 7) is 2.81. The first-order valence-electron chi connectivity index (χ1n) is 7.62. The Bertz CT molecular complexity index is 606. The predicted molar refractivity (Wildman–Crippen MR) is 90.9 cm³/mol. The molecule has 0 aliphatic carbocycles. The zero-order valence-electron chi connectivity index (χ0n) is 13.0. The molecule has 0 spiro atoms. The van der Waals surface area contributed by atoms with Crippen LogP contribution in [0.5, 0.6) is 0 Å². The number of para-hydroxylation sites is 1. The van der Waals surface area contributed by atoms with Crippen LogP contribution in [0.4, 0.5) is 5.69 Å². The molecule has 6 nitrogen and oxygen atoms in total. The van der Waals surface area contributed by atoms with Crippen LogP contribution in [0.1, 0.15) is 19.8 Å². The van der Waals surface area contributed by atoms with Crippen molar-refractivity contribution in [1.29, 1.82) is 0 Å². The van der Waals surface area contributed by atoms with E-state index in [1.807, 2.05) is 31.2 Å². The number of nitrogens with one attached hydrogen (secondary N) is 2. The number of benzene rings is 1. The van der Waals surface area contributed by atoms with Gasteiger partial charge in [0, 0.05) is 24.0 Å². The second kappa shape index (κ2) is 8.10. The third-order valence-electron chi connectivity index (χ3n) is 3.63. The van der Waals surface area contributed by atoms with E-state index in [4.69, 9.17) is 0 Å². The molecule has 1 aromatic carbocycles. The number of hydrogen-bond donors (Lipinski definition) is 2. The van der Waals surface area contributed by atoms with Crippen molar-refractivity contribution in [3.8, 4) is 0 Å². The first kappa shape index (κ1) is 17.5. The molecule has 3 amide bonds. The number of carbonyl (C=O) groups is 3. The maximum absolute atomic E-state index is 12.2. The van der Waals surface area contributed by atoms with Gasteiger partial charge in [-0.3, -0.25) is 14.4 Å². The molecule has 1 fully saturated rings. The lowest BCUT2D eigenvalue weighted by Gasteiger charge is -2.18. The zero-order chi connectivity index (χ0) is 16.8. The van der Waals surface area contributed by atoms with Crippen molar-refractivity contribution in [2.75, 3.05) is 24.5 Å². The minimum absolute atomic E-state index is 0.0570. The van der Waals surface area contributed by atoms with E-state index in [1.54, 1.807) is 4.90 Å². The number of carbonyl (C=O) groups excluding carboxylic acids is 3. The van der Waals surface area contributed by atoms with Crippen LogP contribution in [0, 0.1) is 5.92 Å². The summed E-state index contributed by atoms with van der Waals surface area (Å²) in [5.74, 6) is -1.01. The topological polar surface area (TPSA) is 78.5 Å². The van der Waals surface area contributed by atoms with E-state index in [9.17, 15) is 14.4 Å². The number of halogens is 1. The molecule has 23 heavy (non-hydrogen) atoms. The molecule has 0 radical (unpaired) electrons. The average molecular weight is 382 g/mol. The highest BCUT2D eigenvalue weighted by molar-refractivity contribution is 9.10. The first-order chi connectivity index (χ1) is 11.0. The molecule has 0 aromatic heterocycles. The van der Waals surface area contributed by atoms with E-state index < -0.39 is 5.92 Å². The number of rotatable bonds is 6. The standard InChI is InChI=1S/C16H20BrN3O3/c1-2-7-18-14(21)9-19-16(23)11-8-15(22)20(10-11)13-6-4-3-5-12(13)17/h3-6,11H,2,7-10H2,1H3,(H,18,21)(H,19,23)/t11-/m1/s1. The molecule has 0 saturated carbocycles. The Morgan fingerprint density at radius 3 is 2.74 bits per heavy atom. The highest BCUT2D eigenvalue weighted by Crippen LogP contribution is 2.31. The highest BCUT2D eigenvalue weighted by Gasteiger charge is 2.35. The van der Waals surface area contributed by atoms with Crippen molar-refractivity contribution in [3.05, 3.63) is 28.7 Å². The molecule has 1 aliphatic rings. The Labute approximate surface area is 143 Å². The van der Waals surface area contributed by atoms with Crippen molar-refractivity contribution in [3.63, 3.8) is 0 Å². The van der Waals surface area contributed by atoms with Crippen LogP contribution in [-0.2, 0) is 14.4 Å². The molecule has 1 saturated heterocycles. The lowest BCUT2D eigenvalue weighted by Crippen LogP contribution is -2.40. The summed E-state index contributed by atoms with van der Waals surface area (Å²) in [5, 5.41) is 5.29.